The smallest absolute Gasteiger partial charge is 0.340 e. The molecule has 0 saturated carbocycles. The van der Waals surface area contributed by atoms with E-state index in [1.165, 1.54) is 12.1 Å². The normalized spacial score (nSPS) is 10.8. The van der Waals surface area contributed by atoms with Gasteiger partial charge in [-0.3, -0.25) is 10.1 Å². The van der Waals surface area contributed by atoms with Crippen molar-refractivity contribution in [1.29, 1.82) is 0 Å². The van der Waals surface area contributed by atoms with Crippen LogP contribution in [0.25, 0.3) is 5.65 Å². The highest BCUT2D eigenvalue weighted by molar-refractivity contribution is 6.36. The minimum absolute atomic E-state index is 0.0560. The number of hydrogen-bond donors (Lipinski definition) is 0. The third-order valence-electron chi connectivity index (χ3n) is 3.25. The first-order valence-electron chi connectivity index (χ1n) is 6.79. The van der Waals surface area contributed by atoms with E-state index < -0.39 is 10.9 Å². The molecule has 0 aliphatic carbocycles. The summed E-state index contributed by atoms with van der Waals surface area (Å²) in [6.07, 6.45) is 3.22. The fraction of sp³-hybridized carbons (Fsp3) is 0.0667. The first kappa shape index (κ1) is 17.5. The summed E-state index contributed by atoms with van der Waals surface area (Å²) in [6.45, 7) is -0.159. The number of carbonyl (C=O) groups excluding carboxylic acids is 1. The Bertz CT molecular complexity index is 1000. The fourth-order valence-electron chi connectivity index (χ4n) is 2.15. The van der Waals surface area contributed by atoms with Crippen molar-refractivity contribution in [3.8, 4) is 0 Å². The lowest BCUT2D eigenvalue weighted by atomic mass is 10.2. The minimum atomic E-state index is -0.796. The third kappa shape index (κ3) is 3.68. The Kier molecular flexibility index (Phi) is 4.80. The average Bonchev–Trinajstić information content (AvgIpc) is 2.96. The molecule has 7 nitrogen and oxygen atoms in total. The van der Waals surface area contributed by atoms with E-state index in [4.69, 9.17) is 39.5 Å². The molecule has 0 aliphatic heterocycles. The van der Waals surface area contributed by atoms with E-state index in [0.29, 0.717) is 21.4 Å². The maximum absolute atomic E-state index is 12.1. The van der Waals surface area contributed by atoms with Gasteiger partial charge in [-0.1, -0.05) is 34.8 Å². The number of hydrogen-bond acceptors (Lipinski definition) is 5. The lowest BCUT2D eigenvalue weighted by molar-refractivity contribution is -0.384. The molecule has 0 spiro atoms. The lowest BCUT2D eigenvalue weighted by Gasteiger charge is -2.04. The van der Waals surface area contributed by atoms with Crippen molar-refractivity contribution in [3.63, 3.8) is 0 Å². The van der Waals surface area contributed by atoms with E-state index in [2.05, 4.69) is 4.98 Å². The van der Waals surface area contributed by atoms with Crippen LogP contribution in [-0.4, -0.2) is 20.3 Å². The molecule has 0 unspecified atom stereocenters. The van der Waals surface area contributed by atoms with Crippen LogP contribution in [0.5, 0.6) is 0 Å². The predicted octanol–water partition coefficient (Wildman–Crippen LogP) is 4.56. The largest absolute Gasteiger partial charge is 0.455 e. The molecular weight excluding hydrogens is 393 g/mol. The molecule has 0 amide bonds. The van der Waals surface area contributed by atoms with Crippen molar-refractivity contribution in [2.75, 3.05) is 0 Å². The number of benzene rings is 1. The molecule has 0 fully saturated rings. The zero-order valence-corrected chi connectivity index (χ0v) is 14.5. The van der Waals surface area contributed by atoms with Gasteiger partial charge in [-0.2, -0.15) is 0 Å². The van der Waals surface area contributed by atoms with Gasteiger partial charge in [0.1, 0.15) is 6.61 Å². The van der Waals surface area contributed by atoms with E-state index in [9.17, 15) is 14.9 Å². The van der Waals surface area contributed by atoms with Gasteiger partial charge in [0.05, 0.1) is 31.2 Å². The van der Waals surface area contributed by atoms with Crippen LogP contribution in [0.2, 0.25) is 15.1 Å². The molecule has 2 heterocycles. The number of nitrogens with zero attached hydrogens (tertiary/aromatic N) is 3. The van der Waals surface area contributed by atoms with Gasteiger partial charge in [0, 0.05) is 24.5 Å². The van der Waals surface area contributed by atoms with Crippen LogP contribution in [0, 0.1) is 10.1 Å². The van der Waals surface area contributed by atoms with Gasteiger partial charge in [-0.25, -0.2) is 9.78 Å². The third-order valence-corrected chi connectivity index (χ3v) is 4.07. The number of rotatable bonds is 4. The van der Waals surface area contributed by atoms with E-state index in [-0.39, 0.29) is 22.9 Å². The van der Waals surface area contributed by atoms with Crippen LogP contribution in [0.3, 0.4) is 0 Å². The van der Waals surface area contributed by atoms with Crippen molar-refractivity contribution in [1.82, 2.24) is 9.38 Å². The summed E-state index contributed by atoms with van der Waals surface area (Å²) >= 11 is 17.9. The number of halogens is 3. The molecule has 1 aromatic carbocycles. The van der Waals surface area contributed by atoms with Crippen molar-refractivity contribution >= 4 is 52.1 Å². The van der Waals surface area contributed by atoms with Crippen molar-refractivity contribution < 1.29 is 14.5 Å². The highest BCUT2D eigenvalue weighted by Crippen LogP contribution is 2.24. The molecule has 2 aromatic heterocycles. The molecule has 0 bridgehead atoms. The molecule has 0 radical (unpaired) electrons. The molecule has 0 N–H and O–H groups in total. The summed E-state index contributed by atoms with van der Waals surface area (Å²) in [5, 5.41) is 11.6. The first-order valence-corrected chi connectivity index (χ1v) is 7.92. The highest BCUT2D eigenvalue weighted by Gasteiger charge is 2.18. The Morgan fingerprint density at radius 3 is 2.68 bits per heavy atom. The molecule has 25 heavy (non-hydrogen) atoms. The zero-order valence-electron chi connectivity index (χ0n) is 12.3. The molecule has 10 heteroatoms. The number of fused-ring (bicyclic) bond motifs is 1. The van der Waals surface area contributed by atoms with Crippen LogP contribution in [0.15, 0.2) is 36.7 Å². The first-order chi connectivity index (χ1) is 11.8. The van der Waals surface area contributed by atoms with Crippen LogP contribution in [-0.2, 0) is 11.3 Å². The zero-order chi connectivity index (χ0) is 18.1. The number of aromatic nitrogens is 2. The summed E-state index contributed by atoms with van der Waals surface area (Å²) < 4.78 is 6.74. The van der Waals surface area contributed by atoms with E-state index in [1.807, 2.05) is 0 Å². The van der Waals surface area contributed by atoms with Crippen LogP contribution in [0.1, 0.15) is 16.1 Å². The Morgan fingerprint density at radius 1 is 1.20 bits per heavy atom. The summed E-state index contributed by atoms with van der Waals surface area (Å²) in [5.41, 5.74) is 0.538. The summed E-state index contributed by atoms with van der Waals surface area (Å²) in [6, 6.07) is 5.07. The lowest BCUT2D eigenvalue weighted by Crippen LogP contribution is -2.07. The van der Waals surface area contributed by atoms with Gasteiger partial charge in [0.25, 0.3) is 5.69 Å². The fourth-order valence-corrected chi connectivity index (χ4v) is 2.87. The van der Waals surface area contributed by atoms with Gasteiger partial charge < -0.3 is 9.14 Å². The van der Waals surface area contributed by atoms with Gasteiger partial charge in [0.2, 0.25) is 0 Å². The second-order valence-electron chi connectivity index (χ2n) is 4.97. The van der Waals surface area contributed by atoms with Gasteiger partial charge in [-0.05, 0) is 12.1 Å². The second-order valence-corrected chi connectivity index (χ2v) is 6.22. The maximum atomic E-state index is 12.1. The van der Waals surface area contributed by atoms with E-state index >= 15 is 0 Å². The summed E-state index contributed by atoms with van der Waals surface area (Å²) in [5.74, 6) is -0.796. The number of nitro benzene ring substituents is 1. The number of carbonyl (C=O) groups is 1. The highest BCUT2D eigenvalue weighted by atomic mass is 35.5. The Hall–Kier alpha value is -2.35. The molecule has 128 valence electrons. The minimum Gasteiger partial charge on any atom is -0.455 e. The molecule has 0 aliphatic rings. The number of esters is 1. The van der Waals surface area contributed by atoms with Crippen molar-refractivity contribution in [2.24, 2.45) is 0 Å². The molecule has 3 rings (SSSR count). The maximum Gasteiger partial charge on any atom is 0.340 e. The number of pyridine rings is 1. The number of imidazole rings is 1. The van der Waals surface area contributed by atoms with Gasteiger partial charge in [0.15, 0.2) is 5.65 Å². The summed E-state index contributed by atoms with van der Waals surface area (Å²) in [4.78, 5) is 26.6. The SMILES string of the molecule is O=C(OCc1cn2cc(Cl)cc(Cl)c2n1)c1cc([N+](=O)[O-])ccc1Cl. The quantitative estimate of drug-likeness (QED) is 0.364. The Morgan fingerprint density at radius 2 is 1.96 bits per heavy atom. The predicted molar refractivity (Wildman–Crippen MR) is 92.4 cm³/mol. The molecule has 0 saturated heterocycles. The Labute approximate surface area is 155 Å². The van der Waals surface area contributed by atoms with Crippen molar-refractivity contribution in [2.45, 2.75) is 6.61 Å². The second kappa shape index (κ2) is 6.87. The van der Waals surface area contributed by atoms with Gasteiger partial charge >= 0.3 is 5.97 Å². The van der Waals surface area contributed by atoms with Crippen LogP contribution < -0.4 is 0 Å². The molecule has 0 atom stereocenters. The number of non-ortho nitro benzene ring substituents is 1. The van der Waals surface area contributed by atoms with Crippen molar-refractivity contribution in [3.05, 3.63) is 73.1 Å². The number of ether oxygens (including phenoxy) is 1. The monoisotopic (exact) mass is 399 g/mol. The van der Waals surface area contributed by atoms with E-state index in [1.54, 1.807) is 22.9 Å². The van der Waals surface area contributed by atoms with Crippen LogP contribution >= 0.6 is 34.8 Å². The topological polar surface area (TPSA) is 86.7 Å². The summed E-state index contributed by atoms with van der Waals surface area (Å²) in [7, 11) is 0. The Balaban J connectivity index is 1.80. The molecule has 3 aromatic rings. The molecular formula is C15H8Cl3N3O4. The van der Waals surface area contributed by atoms with E-state index in [0.717, 1.165) is 6.07 Å². The number of nitro groups is 1. The average molecular weight is 401 g/mol. The standard InChI is InChI=1S/C15H8Cl3N3O4/c16-8-3-13(18)14-19-9(6-20(14)5-8)7-25-15(22)11-4-10(21(23)24)1-2-12(11)17/h1-6H,7H2. The van der Waals surface area contributed by atoms with Gasteiger partial charge in [-0.15, -0.1) is 0 Å². The van der Waals surface area contributed by atoms with Crippen LogP contribution in [0.4, 0.5) is 5.69 Å².